The molecule has 0 aliphatic carbocycles. The molecule has 1 aliphatic rings. The molecule has 1 unspecified atom stereocenters. The number of hydrogen-bond donors (Lipinski definition) is 0. The van der Waals surface area contributed by atoms with E-state index in [-0.39, 0.29) is 6.61 Å². The summed E-state index contributed by atoms with van der Waals surface area (Å²) in [5.74, 6) is -0.579. The molecule has 2 aromatic heterocycles. The Morgan fingerprint density at radius 1 is 1.50 bits per heavy atom. The summed E-state index contributed by atoms with van der Waals surface area (Å²) in [6, 6.07) is 10.7. The third kappa shape index (κ3) is 2.91. The van der Waals surface area contributed by atoms with Crippen molar-refractivity contribution >= 4 is 17.5 Å². The fraction of sp³-hybridized carbons (Fsp3) is 0.200. The topological polar surface area (TPSA) is 83.6 Å². The largest absolute Gasteiger partial charge is 0.345 e. The fourth-order valence-electron chi connectivity index (χ4n) is 1.90. The van der Waals surface area contributed by atoms with Gasteiger partial charge in [0.15, 0.2) is 0 Å². The summed E-state index contributed by atoms with van der Waals surface area (Å²) in [5.41, 5.74) is -0.0232. The van der Waals surface area contributed by atoms with Crippen LogP contribution in [0.15, 0.2) is 47.7 Å². The van der Waals surface area contributed by atoms with Gasteiger partial charge < -0.3 is 9.30 Å². The summed E-state index contributed by atoms with van der Waals surface area (Å²) in [5, 5.41) is 9.37. The van der Waals surface area contributed by atoms with Crippen molar-refractivity contribution in [1.29, 1.82) is 5.26 Å². The number of hydrogen-bond acceptors (Lipinski definition) is 4. The zero-order chi connectivity index (χ0) is 15.6. The van der Waals surface area contributed by atoms with Gasteiger partial charge in [-0.25, -0.2) is 4.98 Å². The maximum atomic E-state index is 12.0. The van der Waals surface area contributed by atoms with Crippen LogP contribution in [0.1, 0.15) is 5.56 Å². The average molecular weight is 315 g/mol. The first kappa shape index (κ1) is 14.4. The number of aromatic nitrogens is 2. The third-order valence-electron chi connectivity index (χ3n) is 3.23. The van der Waals surface area contributed by atoms with E-state index in [0.717, 1.165) is 5.56 Å². The van der Waals surface area contributed by atoms with E-state index in [0.29, 0.717) is 17.2 Å². The number of pyridine rings is 2. The molecule has 1 atom stereocenters. The summed E-state index contributed by atoms with van der Waals surface area (Å²) < 4.78 is 6.70. The number of carbonyl (C=O) groups excluding carboxylic acids is 1. The second kappa shape index (κ2) is 5.72. The van der Waals surface area contributed by atoms with Gasteiger partial charge in [0.2, 0.25) is 0 Å². The highest BCUT2D eigenvalue weighted by Gasteiger charge is 2.53. The van der Waals surface area contributed by atoms with Crippen LogP contribution in [0.4, 0.5) is 0 Å². The first-order valence-electron chi connectivity index (χ1n) is 6.53. The maximum absolute atomic E-state index is 12.0. The van der Waals surface area contributed by atoms with Gasteiger partial charge in [-0.05, 0) is 23.8 Å². The summed E-state index contributed by atoms with van der Waals surface area (Å²) >= 11 is 5.76. The quantitative estimate of drug-likeness (QED) is 0.631. The van der Waals surface area contributed by atoms with Gasteiger partial charge in [-0.2, -0.15) is 10.3 Å². The van der Waals surface area contributed by atoms with Crippen molar-refractivity contribution in [1.82, 2.24) is 9.55 Å². The minimum absolute atomic E-state index is 0.0970. The van der Waals surface area contributed by atoms with Crippen molar-refractivity contribution in [2.24, 2.45) is 4.99 Å². The van der Waals surface area contributed by atoms with Crippen molar-refractivity contribution in [2.75, 3.05) is 6.61 Å². The molecular weight excluding hydrogens is 304 g/mol. The molecule has 110 valence electrons. The van der Waals surface area contributed by atoms with E-state index in [1.807, 2.05) is 18.2 Å². The van der Waals surface area contributed by atoms with E-state index >= 15 is 0 Å². The molecule has 6 nitrogen and oxygen atoms in total. The smallest absolute Gasteiger partial charge is 0.297 e. The van der Waals surface area contributed by atoms with Crippen LogP contribution in [0.5, 0.6) is 0 Å². The van der Waals surface area contributed by atoms with Crippen LogP contribution in [0.25, 0.3) is 0 Å². The van der Waals surface area contributed by atoms with Gasteiger partial charge >= 0.3 is 0 Å². The van der Waals surface area contributed by atoms with E-state index in [4.69, 9.17) is 21.6 Å². The van der Waals surface area contributed by atoms with Gasteiger partial charge in [-0.1, -0.05) is 23.7 Å². The van der Waals surface area contributed by atoms with Gasteiger partial charge in [-0.15, -0.1) is 0 Å². The molecule has 22 heavy (non-hydrogen) atoms. The van der Waals surface area contributed by atoms with E-state index in [1.54, 1.807) is 35.2 Å². The van der Waals surface area contributed by atoms with Crippen LogP contribution < -0.4 is 5.49 Å². The van der Waals surface area contributed by atoms with E-state index in [9.17, 15) is 4.79 Å². The van der Waals surface area contributed by atoms with Gasteiger partial charge in [-0.3, -0.25) is 4.79 Å². The Balaban J connectivity index is 1.92. The number of amides is 1. The normalized spacial score (nSPS) is 20.5. The van der Waals surface area contributed by atoms with E-state index in [2.05, 4.69) is 9.98 Å². The molecule has 3 rings (SSSR count). The summed E-state index contributed by atoms with van der Waals surface area (Å²) in [6.07, 6.45) is 3.46. The molecule has 0 N–H and O–H groups in total. The lowest BCUT2D eigenvalue weighted by Crippen LogP contribution is -2.27. The Kier molecular flexibility index (Phi) is 3.75. The number of rotatable bonds is 3. The molecule has 0 radical (unpaired) electrons. The SMILES string of the molecule is N#CC1(C(=O)N=c2ccccn2Cc2ccc(Cl)nc2)CO1. The Labute approximate surface area is 131 Å². The molecule has 0 spiro atoms. The molecule has 0 bridgehead atoms. The highest BCUT2D eigenvalue weighted by Crippen LogP contribution is 2.26. The summed E-state index contributed by atoms with van der Waals surface area (Å²) in [4.78, 5) is 20.0. The summed E-state index contributed by atoms with van der Waals surface area (Å²) in [7, 11) is 0. The Bertz CT molecular complexity index is 816. The molecule has 1 fully saturated rings. The van der Waals surface area contributed by atoms with Crippen LogP contribution >= 0.6 is 11.6 Å². The average Bonchev–Trinajstić information content (AvgIpc) is 3.33. The number of epoxide rings is 1. The number of nitriles is 1. The minimum atomic E-state index is -1.39. The predicted octanol–water partition coefficient (Wildman–Crippen LogP) is 1.30. The molecule has 7 heteroatoms. The predicted molar refractivity (Wildman–Crippen MR) is 77.6 cm³/mol. The molecule has 1 aliphatic heterocycles. The molecule has 1 saturated heterocycles. The van der Waals surface area contributed by atoms with Crippen molar-refractivity contribution in [3.05, 3.63) is 58.9 Å². The first-order valence-corrected chi connectivity index (χ1v) is 6.91. The van der Waals surface area contributed by atoms with Gasteiger partial charge in [0.05, 0.1) is 6.54 Å². The Morgan fingerprint density at radius 3 is 2.95 bits per heavy atom. The highest BCUT2D eigenvalue weighted by atomic mass is 35.5. The van der Waals surface area contributed by atoms with Crippen LogP contribution in [0.2, 0.25) is 5.15 Å². The maximum Gasteiger partial charge on any atom is 0.297 e. The highest BCUT2D eigenvalue weighted by molar-refractivity contribution is 6.29. The number of carbonyl (C=O) groups is 1. The molecule has 0 saturated carbocycles. The second-order valence-corrected chi connectivity index (χ2v) is 5.21. The minimum Gasteiger partial charge on any atom is -0.345 e. The van der Waals surface area contributed by atoms with Crippen molar-refractivity contribution < 1.29 is 9.53 Å². The van der Waals surface area contributed by atoms with Gasteiger partial charge in [0.1, 0.15) is 23.3 Å². The summed E-state index contributed by atoms with van der Waals surface area (Å²) in [6.45, 7) is 0.581. The standard InChI is InChI=1S/C15H11ClN4O2/c16-12-5-4-11(7-18-12)8-20-6-2-1-3-13(20)19-14(21)15(9-17)10-22-15/h1-7H,8,10H2. The molecule has 3 heterocycles. The molecular formula is C15H11ClN4O2. The number of ether oxygens (including phenoxy) is 1. The van der Waals surface area contributed by atoms with Crippen molar-refractivity contribution in [3.63, 3.8) is 0 Å². The zero-order valence-corrected chi connectivity index (χ0v) is 12.2. The van der Waals surface area contributed by atoms with Crippen molar-refractivity contribution in [3.8, 4) is 6.07 Å². The van der Waals surface area contributed by atoms with Crippen LogP contribution in [-0.2, 0) is 16.1 Å². The fourth-order valence-corrected chi connectivity index (χ4v) is 2.01. The van der Waals surface area contributed by atoms with E-state index < -0.39 is 11.5 Å². The van der Waals surface area contributed by atoms with E-state index in [1.165, 1.54) is 0 Å². The van der Waals surface area contributed by atoms with Crippen LogP contribution in [0.3, 0.4) is 0 Å². The van der Waals surface area contributed by atoms with Gasteiger partial charge in [0, 0.05) is 12.4 Å². The number of nitrogens with zero attached hydrogens (tertiary/aromatic N) is 4. The third-order valence-corrected chi connectivity index (χ3v) is 3.46. The Hall–Kier alpha value is -2.49. The molecule has 2 aromatic rings. The van der Waals surface area contributed by atoms with Gasteiger partial charge in [0.25, 0.3) is 11.5 Å². The lowest BCUT2D eigenvalue weighted by atomic mass is 10.2. The van der Waals surface area contributed by atoms with Crippen molar-refractivity contribution in [2.45, 2.75) is 12.1 Å². The molecule has 0 aromatic carbocycles. The lowest BCUT2D eigenvalue weighted by Gasteiger charge is -2.07. The monoisotopic (exact) mass is 314 g/mol. The molecule has 1 amide bonds. The second-order valence-electron chi connectivity index (χ2n) is 4.82. The Morgan fingerprint density at radius 2 is 2.32 bits per heavy atom. The van der Waals surface area contributed by atoms with Crippen LogP contribution in [0, 0.1) is 11.3 Å². The lowest BCUT2D eigenvalue weighted by molar-refractivity contribution is -0.121. The zero-order valence-electron chi connectivity index (χ0n) is 11.4. The first-order chi connectivity index (χ1) is 10.6. The number of halogens is 1. The van der Waals surface area contributed by atoms with Crippen LogP contribution in [-0.4, -0.2) is 27.7 Å².